The predicted molar refractivity (Wildman–Crippen MR) is 164 cm³/mol. The van der Waals surface area contributed by atoms with Gasteiger partial charge in [-0.1, -0.05) is 83.2 Å². The largest absolute Gasteiger partial charge is 0.500 e. The van der Waals surface area contributed by atoms with Gasteiger partial charge in [0.05, 0.1) is 5.58 Å². The van der Waals surface area contributed by atoms with Crippen molar-refractivity contribution in [2.24, 2.45) is 0 Å². The fraction of sp³-hybridized carbons (Fsp3) is 0.0270. The first-order chi connectivity index (χ1) is 19.8. The molecule has 0 bridgehead atoms. The van der Waals surface area contributed by atoms with E-state index >= 15 is 0 Å². The number of hydrogen-bond acceptors (Lipinski definition) is 3. The standard InChI is InChI=1S/C26H16NO.C11H8N.Ir/c1-16-13-14-27-23(15-16)22-8-4-7-20-21-12-11-18-10-9-17-5-2-3-6-19(17)24(18)26(21)28-25(20)22;1-2-6-10(7-3-1)11-8-4-5-9-12-11;/h2-7,9-15H,1H3;1-6,8-9H;/q2*-1;. The fourth-order valence-electron chi connectivity index (χ4n) is 5.22. The van der Waals surface area contributed by atoms with E-state index in [1.54, 1.807) is 6.20 Å². The Morgan fingerprint density at radius 2 is 1.37 bits per heavy atom. The van der Waals surface area contributed by atoms with Crippen LogP contribution in [-0.4, -0.2) is 9.97 Å². The summed E-state index contributed by atoms with van der Waals surface area (Å²) in [6.45, 7) is 2.07. The van der Waals surface area contributed by atoms with E-state index in [4.69, 9.17) is 4.42 Å². The third kappa shape index (κ3) is 5.04. The number of aromatic nitrogens is 2. The van der Waals surface area contributed by atoms with Crippen molar-refractivity contribution in [2.45, 2.75) is 6.92 Å². The van der Waals surface area contributed by atoms with Crippen molar-refractivity contribution in [1.82, 2.24) is 9.97 Å². The predicted octanol–water partition coefficient (Wildman–Crippen LogP) is 9.61. The van der Waals surface area contributed by atoms with Crippen LogP contribution in [0.5, 0.6) is 0 Å². The van der Waals surface area contributed by atoms with Gasteiger partial charge < -0.3 is 14.4 Å². The Hall–Kier alpha value is -4.63. The summed E-state index contributed by atoms with van der Waals surface area (Å²) in [6, 6.07) is 45.4. The third-order valence-corrected chi connectivity index (χ3v) is 7.13. The molecule has 0 saturated heterocycles. The molecule has 0 amide bonds. The molecule has 8 rings (SSSR count). The number of hydrogen-bond donors (Lipinski definition) is 0. The summed E-state index contributed by atoms with van der Waals surface area (Å²) in [4.78, 5) is 8.77. The zero-order chi connectivity index (χ0) is 26.9. The van der Waals surface area contributed by atoms with Crippen LogP contribution >= 0.6 is 0 Å². The van der Waals surface area contributed by atoms with Gasteiger partial charge in [-0.25, -0.2) is 0 Å². The van der Waals surface area contributed by atoms with E-state index in [9.17, 15) is 0 Å². The minimum absolute atomic E-state index is 0. The van der Waals surface area contributed by atoms with Crippen LogP contribution in [0.3, 0.4) is 0 Å². The van der Waals surface area contributed by atoms with Gasteiger partial charge in [-0.05, 0) is 46.6 Å². The van der Waals surface area contributed by atoms with Gasteiger partial charge in [-0.15, -0.1) is 54.1 Å². The van der Waals surface area contributed by atoms with Crippen LogP contribution in [0.25, 0.3) is 66.0 Å². The van der Waals surface area contributed by atoms with Crippen LogP contribution in [0.1, 0.15) is 5.56 Å². The molecule has 0 spiro atoms. The van der Waals surface area contributed by atoms with Gasteiger partial charge in [0.15, 0.2) is 0 Å². The first kappa shape index (κ1) is 26.6. The van der Waals surface area contributed by atoms with Crippen LogP contribution < -0.4 is 0 Å². The number of aryl methyl sites for hydroxylation is 1. The molecular formula is C37H24IrN2O-2. The fourth-order valence-corrected chi connectivity index (χ4v) is 5.22. The van der Waals surface area contributed by atoms with E-state index in [2.05, 4.69) is 89.7 Å². The minimum Gasteiger partial charge on any atom is -0.500 e. The summed E-state index contributed by atoms with van der Waals surface area (Å²) in [6.07, 6.45) is 3.62. The van der Waals surface area contributed by atoms with E-state index in [1.165, 1.54) is 21.7 Å². The summed E-state index contributed by atoms with van der Waals surface area (Å²) >= 11 is 0. The van der Waals surface area contributed by atoms with Crippen molar-refractivity contribution in [2.75, 3.05) is 0 Å². The molecule has 5 aromatic carbocycles. The van der Waals surface area contributed by atoms with Crippen molar-refractivity contribution >= 4 is 43.5 Å². The van der Waals surface area contributed by atoms with Crippen molar-refractivity contribution in [3.8, 4) is 22.5 Å². The molecule has 0 unspecified atom stereocenters. The third-order valence-electron chi connectivity index (χ3n) is 7.13. The van der Waals surface area contributed by atoms with Gasteiger partial charge in [0.25, 0.3) is 0 Å². The number of furan rings is 1. The molecule has 3 aromatic heterocycles. The number of nitrogens with zero attached hydrogens (tertiary/aromatic N) is 2. The summed E-state index contributed by atoms with van der Waals surface area (Å²) < 4.78 is 6.53. The second-order valence-electron chi connectivity index (χ2n) is 9.73. The molecule has 3 heterocycles. The van der Waals surface area contributed by atoms with Gasteiger partial charge in [0.2, 0.25) is 0 Å². The van der Waals surface area contributed by atoms with Crippen LogP contribution in [-0.2, 0) is 20.1 Å². The molecule has 8 aromatic rings. The monoisotopic (exact) mass is 705 g/mol. The molecule has 0 aliphatic heterocycles. The summed E-state index contributed by atoms with van der Waals surface area (Å²) in [5.41, 5.74) is 6.75. The average Bonchev–Trinajstić information content (AvgIpc) is 3.41. The van der Waals surface area contributed by atoms with Crippen LogP contribution in [0.2, 0.25) is 0 Å². The van der Waals surface area contributed by atoms with E-state index in [1.807, 2.05) is 60.8 Å². The average molecular weight is 705 g/mol. The SMILES string of the molecule is Cc1ccnc(-c2[c-]ccc3c2oc2c3ccc3ccc4ccccc4c32)c1.[Ir].[c-]1ccccc1-c1ccccn1. The van der Waals surface area contributed by atoms with Crippen molar-refractivity contribution < 1.29 is 24.5 Å². The smallest absolute Gasteiger partial charge is 0.129 e. The van der Waals surface area contributed by atoms with Crippen LogP contribution in [0.15, 0.2) is 132 Å². The molecule has 199 valence electrons. The van der Waals surface area contributed by atoms with Gasteiger partial charge in [-0.3, -0.25) is 0 Å². The minimum atomic E-state index is 0. The summed E-state index contributed by atoms with van der Waals surface area (Å²) in [5.74, 6) is 0. The Morgan fingerprint density at radius 1 is 0.585 bits per heavy atom. The maximum atomic E-state index is 6.53. The molecule has 0 N–H and O–H groups in total. The maximum absolute atomic E-state index is 6.53. The van der Waals surface area contributed by atoms with E-state index in [-0.39, 0.29) is 20.1 Å². The number of pyridine rings is 2. The van der Waals surface area contributed by atoms with Crippen molar-refractivity contribution in [3.05, 3.63) is 145 Å². The Morgan fingerprint density at radius 3 is 2.20 bits per heavy atom. The Labute approximate surface area is 251 Å². The van der Waals surface area contributed by atoms with Crippen molar-refractivity contribution in [3.63, 3.8) is 0 Å². The molecule has 0 aliphatic rings. The molecule has 0 fully saturated rings. The second-order valence-corrected chi connectivity index (χ2v) is 9.73. The number of fused-ring (bicyclic) bond motifs is 7. The summed E-state index contributed by atoms with van der Waals surface area (Å²) in [5, 5.41) is 7.00. The Balaban J connectivity index is 0.000000196. The van der Waals surface area contributed by atoms with E-state index in [0.717, 1.165) is 49.8 Å². The number of benzene rings is 5. The van der Waals surface area contributed by atoms with Gasteiger partial charge >= 0.3 is 0 Å². The molecule has 0 atom stereocenters. The molecule has 0 saturated carbocycles. The Kier molecular flexibility index (Phi) is 7.43. The molecule has 4 heteroatoms. The second kappa shape index (κ2) is 11.5. The van der Waals surface area contributed by atoms with Gasteiger partial charge in [0.1, 0.15) is 5.58 Å². The Bertz CT molecular complexity index is 2080. The van der Waals surface area contributed by atoms with Gasteiger partial charge in [0, 0.05) is 43.3 Å². The molecule has 3 nitrogen and oxygen atoms in total. The zero-order valence-corrected chi connectivity index (χ0v) is 24.7. The normalized spacial score (nSPS) is 10.9. The first-order valence-corrected chi connectivity index (χ1v) is 13.2. The molecule has 0 aliphatic carbocycles. The van der Waals surface area contributed by atoms with E-state index < -0.39 is 0 Å². The number of rotatable bonds is 2. The van der Waals surface area contributed by atoms with Gasteiger partial charge in [-0.2, -0.15) is 0 Å². The first-order valence-electron chi connectivity index (χ1n) is 13.2. The quantitative estimate of drug-likeness (QED) is 0.133. The van der Waals surface area contributed by atoms with E-state index in [0.29, 0.717) is 0 Å². The zero-order valence-electron chi connectivity index (χ0n) is 22.3. The molecule has 41 heavy (non-hydrogen) atoms. The molecular weight excluding hydrogens is 681 g/mol. The van der Waals surface area contributed by atoms with Crippen LogP contribution in [0, 0.1) is 19.1 Å². The van der Waals surface area contributed by atoms with Crippen molar-refractivity contribution in [1.29, 1.82) is 0 Å². The maximum Gasteiger partial charge on any atom is 0.129 e. The summed E-state index contributed by atoms with van der Waals surface area (Å²) in [7, 11) is 0. The molecule has 1 radical (unpaired) electrons. The topological polar surface area (TPSA) is 38.9 Å². The van der Waals surface area contributed by atoms with Crippen LogP contribution in [0.4, 0.5) is 0 Å².